The van der Waals surface area contributed by atoms with Crippen molar-refractivity contribution in [1.29, 1.82) is 0 Å². The Morgan fingerprint density at radius 2 is 1.80 bits per heavy atom. The molecule has 1 aliphatic rings. The van der Waals surface area contributed by atoms with E-state index in [-0.39, 0.29) is 17.3 Å². The molecule has 1 amide bonds. The zero-order chi connectivity index (χ0) is 21.3. The van der Waals surface area contributed by atoms with Gasteiger partial charge in [-0.3, -0.25) is 9.10 Å². The molecule has 0 radical (unpaired) electrons. The lowest BCUT2D eigenvalue weighted by Gasteiger charge is -2.20. The average Bonchev–Trinajstić information content (AvgIpc) is 3.18. The summed E-state index contributed by atoms with van der Waals surface area (Å²) in [6.07, 6.45) is 0.489. The topological polar surface area (TPSA) is 75.7 Å². The van der Waals surface area contributed by atoms with Gasteiger partial charge in [0.1, 0.15) is 16.5 Å². The van der Waals surface area contributed by atoms with Gasteiger partial charge in [-0.1, -0.05) is 18.2 Å². The van der Waals surface area contributed by atoms with Crippen molar-refractivity contribution in [1.82, 2.24) is 0 Å². The zero-order valence-corrected chi connectivity index (χ0v) is 16.9. The Kier molecular flexibility index (Phi) is 5.17. The highest BCUT2D eigenvalue weighted by Gasteiger charge is 2.33. The first-order chi connectivity index (χ1) is 14.4. The van der Waals surface area contributed by atoms with E-state index in [4.69, 9.17) is 4.74 Å². The van der Waals surface area contributed by atoms with Crippen molar-refractivity contribution >= 4 is 27.3 Å². The number of nitrogens with one attached hydrogen (secondary N) is 1. The predicted molar refractivity (Wildman–Crippen MR) is 112 cm³/mol. The van der Waals surface area contributed by atoms with Crippen molar-refractivity contribution in [2.24, 2.45) is 0 Å². The minimum atomic E-state index is -4.08. The number of nitrogens with zero attached hydrogens (tertiary/aromatic N) is 1. The van der Waals surface area contributed by atoms with Crippen molar-refractivity contribution in [2.75, 3.05) is 23.3 Å². The van der Waals surface area contributed by atoms with E-state index in [2.05, 4.69) is 5.32 Å². The number of hydrogen-bond acceptors (Lipinski definition) is 4. The molecule has 3 aromatic carbocycles. The number of benzene rings is 3. The molecule has 30 heavy (non-hydrogen) atoms. The first-order valence-corrected chi connectivity index (χ1v) is 10.7. The maximum absolute atomic E-state index is 14.1. The molecule has 0 spiro atoms. The number of methoxy groups -OCH3 is 1. The summed E-state index contributed by atoms with van der Waals surface area (Å²) < 4.78 is 46.4. The van der Waals surface area contributed by atoms with Gasteiger partial charge in [0.25, 0.3) is 15.9 Å². The minimum absolute atomic E-state index is 0.190. The summed E-state index contributed by atoms with van der Waals surface area (Å²) >= 11 is 0. The summed E-state index contributed by atoms with van der Waals surface area (Å²) in [5, 5.41) is 2.77. The Hall–Kier alpha value is -3.39. The van der Waals surface area contributed by atoms with Gasteiger partial charge in [0.2, 0.25) is 0 Å². The average molecular weight is 426 g/mol. The van der Waals surface area contributed by atoms with E-state index in [1.165, 1.54) is 24.3 Å². The minimum Gasteiger partial charge on any atom is -0.497 e. The molecule has 1 aliphatic heterocycles. The molecule has 0 unspecified atom stereocenters. The van der Waals surface area contributed by atoms with Gasteiger partial charge in [-0.05, 0) is 60.5 Å². The van der Waals surface area contributed by atoms with Crippen LogP contribution in [0.4, 0.5) is 15.8 Å². The first kappa shape index (κ1) is 19.9. The van der Waals surface area contributed by atoms with Crippen molar-refractivity contribution in [3.05, 3.63) is 83.7 Å². The molecule has 154 valence electrons. The largest absolute Gasteiger partial charge is 0.497 e. The fourth-order valence-electron chi connectivity index (χ4n) is 3.39. The molecule has 0 saturated heterocycles. The van der Waals surface area contributed by atoms with Crippen LogP contribution in [0, 0.1) is 5.82 Å². The van der Waals surface area contributed by atoms with Gasteiger partial charge in [0.15, 0.2) is 0 Å². The monoisotopic (exact) mass is 426 g/mol. The Morgan fingerprint density at radius 3 is 2.50 bits per heavy atom. The molecule has 0 aliphatic carbocycles. The Labute approximate surface area is 174 Å². The highest BCUT2D eigenvalue weighted by molar-refractivity contribution is 7.92. The van der Waals surface area contributed by atoms with Gasteiger partial charge < -0.3 is 10.1 Å². The first-order valence-electron chi connectivity index (χ1n) is 9.26. The third-order valence-electron chi connectivity index (χ3n) is 4.95. The molecular weight excluding hydrogens is 407 g/mol. The fourth-order valence-corrected chi connectivity index (χ4v) is 4.95. The van der Waals surface area contributed by atoms with E-state index in [1.54, 1.807) is 43.5 Å². The smallest absolute Gasteiger partial charge is 0.267 e. The second kappa shape index (κ2) is 7.79. The van der Waals surface area contributed by atoms with Crippen LogP contribution < -0.4 is 14.4 Å². The highest BCUT2D eigenvalue weighted by atomic mass is 32.2. The summed E-state index contributed by atoms with van der Waals surface area (Å²) in [4.78, 5) is 12.3. The number of hydrogen-bond donors (Lipinski definition) is 1. The Bertz CT molecular complexity index is 1210. The van der Waals surface area contributed by atoms with E-state index in [9.17, 15) is 17.6 Å². The third kappa shape index (κ3) is 3.61. The zero-order valence-electron chi connectivity index (χ0n) is 16.1. The number of carbonyl (C=O) groups is 1. The van der Waals surface area contributed by atoms with Crippen molar-refractivity contribution < 1.29 is 22.3 Å². The molecule has 6 nitrogen and oxygen atoms in total. The van der Waals surface area contributed by atoms with Gasteiger partial charge in [-0.25, -0.2) is 12.8 Å². The van der Waals surface area contributed by atoms with Crippen molar-refractivity contribution in [3.63, 3.8) is 0 Å². The number of amides is 1. The molecule has 0 atom stereocenters. The van der Waals surface area contributed by atoms with Crippen LogP contribution in [0.25, 0.3) is 0 Å². The quantitative estimate of drug-likeness (QED) is 0.673. The molecular formula is C22H19FN2O4S. The summed E-state index contributed by atoms with van der Waals surface area (Å²) in [6, 6.07) is 17.0. The summed E-state index contributed by atoms with van der Waals surface area (Å²) in [5.74, 6) is -0.517. The lowest BCUT2D eigenvalue weighted by atomic mass is 10.1. The van der Waals surface area contributed by atoms with Crippen molar-refractivity contribution in [3.8, 4) is 5.75 Å². The van der Waals surface area contributed by atoms with Gasteiger partial charge in [0.05, 0.1) is 12.8 Å². The van der Waals surface area contributed by atoms with Gasteiger partial charge in [0, 0.05) is 17.8 Å². The molecule has 3 aromatic rings. The summed E-state index contributed by atoms with van der Waals surface area (Å²) in [5.41, 5.74) is 2.06. The van der Waals surface area contributed by atoms with Crippen LogP contribution in [0.1, 0.15) is 15.9 Å². The summed E-state index contributed by atoms with van der Waals surface area (Å²) in [7, 11) is -2.52. The van der Waals surface area contributed by atoms with E-state index >= 15 is 0 Å². The van der Waals surface area contributed by atoms with Gasteiger partial charge in [-0.2, -0.15) is 0 Å². The number of ether oxygens (including phenoxy) is 1. The maximum Gasteiger partial charge on any atom is 0.267 e. The number of carbonyl (C=O) groups excluding carboxylic acids is 1. The predicted octanol–water partition coefficient (Wildman–Crippen LogP) is 3.84. The standard InChI is InChI=1S/C22H19FN2O4S/c1-29-18-10-8-17(9-11-18)24-22(26)16-7-6-15-12-13-25(20(15)14-16)30(27,28)21-5-3-2-4-19(21)23/h2-11,14H,12-13H2,1H3,(H,24,26). The van der Waals surface area contributed by atoms with Crippen LogP contribution in [0.2, 0.25) is 0 Å². The summed E-state index contributed by atoms with van der Waals surface area (Å²) in [6.45, 7) is 0.190. The number of rotatable bonds is 5. The highest BCUT2D eigenvalue weighted by Crippen LogP contribution is 2.34. The lowest BCUT2D eigenvalue weighted by molar-refractivity contribution is 0.102. The molecule has 1 N–H and O–H groups in total. The van der Waals surface area contributed by atoms with E-state index in [1.807, 2.05) is 0 Å². The lowest BCUT2D eigenvalue weighted by Crippen LogP contribution is -2.30. The Morgan fingerprint density at radius 1 is 1.07 bits per heavy atom. The number of fused-ring (bicyclic) bond motifs is 1. The van der Waals surface area contributed by atoms with Gasteiger partial charge in [-0.15, -0.1) is 0 Å². The molecule has 8 heteroatoms. The van der Waals surface area contributed by atoms with Crippen LogP contribution >= 0.6 is 0 Å². The normalized spacial score (nSPS) is 13.1. The van der Waals surface area contributed by atoms with Crippen LogP contribution in [0.5, 0.6) is 5.75 Å². The Balaban J connectivity index is 1.63. The molecule has 0 bridgehead atoms. The second-order valence-electron chi connectivity index (χ2n) is 6.78. The van der Waals surface area contributed by atoms with E-state index < -0.39 is 15.8 Å². The number of halogens is 1. The molecule has 0 saturated carbocycles. The van der Waals surface area contributed by atoms with Crippen LogP contribution in [0.3, 0.4) is 0 Å². The third-order valence-corrected chi connectivity index (χ3v) is 6.80. The fraction of sp³-hybridized carbons (Fsp3) is 0.136. The van der Waals surface area contributed by atoms with Crippen LogP contribution in [-0.4, -0.2) is 28.0 Å². The maximum atomic E-state index is 14.1. The second-order valence-corrected chi connectivity index (χ2v) is 8.61. The molecule has 4 rings (SSSR count). The molecule has 0 fully saturated rings. The van der Waals surface area contributed by atoms with Crippen LogP contribution in [-0.2, 0) is 16.4 Å². The van der Waals surface area contributed by atoms with Gasteiger partial charge >= 0.3 is 0 Å². The number of sulfonamides is 1. The molecule has 0 aromatic heterocycles. The van der Waals surface area contributed by atoms with E-state index in [0.29, 0.717) is 29.1 Å². The number of anilines is 2. The van der Waals surface area contributed by atoms with Crippen molar-refractivity contribution in [2.45, 2.75) is 11.3 Å². The van der Waals surface area contributed by atoms with E-state index in [0.717, 1.165) is 15.9 Å². The molecule has 1 heterocycles. The SMILES string of the molecule is COc1ccc(NC(=O)c2ccc3c(c2)N(S(=O)(=O)c2ccccc2F)CC3)cc1. The van der Waals surface area contributed by atoms with Crippen LogP contribution in [0.15, 0.2) is 71.6 Å².